The highest BCUT2D eigenvalue weighted by Gasteiger charge is 2.11. The van der Waals surface area contributed by atoms with Crippen molar-refractivity contribution in [3.8, 4) is 11.5 Å². The molecule has 26 heavy (non-hydrogen) atoms. The lowest BCUT2D eigenvalue weighted by Crippen LogP contribution is -2.04. The summed E-state index contributed by atoms with van der Waals surface area (Å²) in [7, 11) is 3.16. The zero-order chi connectivity index (χ0) is 18.5. The molecule has 2 aromatic carbocycles. The number of hydrogen-bond donors (Lipinski definition) is 1. The number of nitrogens with zero attached hydrogens (tertiary/aromatic N) is 2. The molecule has 0 unspecified atom stereocenters. The van der Waals surface area contributed by atoms with Gasteiger partial charge in [-0.1, -0.05) is 0 Å². The summed E-state index contributed by atoms with van der Waals surface area (Å²) in [6.07, 6.45) is 1.48. The van der Waals surface area contributed by atoms with Crippen molar-refractivity contribution in [3.05, 3.63) is 48.3 Å². The van der Waals surface area contributed by atoms with Gasteiger partial charge in [-0.05, 0) is 37.3 Å². The maximum Gasteiger partial charge on any atom is 0.338 e. The predicted molar refractivity (Wildman–Crippen MR) is 98.3 cm³/mol. The second kappa shape index (κ2) is 7.69. The van der Waals surface area contributed by atoms with Crippen LogP contribution < -0.4 is 14.8 Å². The first-order valence-corrected chi connectivity index (χ1v) is 8.07. The molecule has 0 radical (unpaired) electrons. The zero-order valence-electron chi connectivity index (χ0n) is 14.8. The van der Waals surface area contributed by atoms with Gasteiger partial charge < -0.3 is 19.5 Å². The van der Waals surface area contributed by atoms with Crippen molar-refractivity contribution in [2.24, 2.45) is 0 Å². The maximum atomic E-state index is 11.7. The summed E-state index contributed by atoms with van der Waals surface area (Å²) >= 11 is 0. The van der Waals surface area contributed by atoms with Crippen LogP contribution in [0.5, 0.6) is 11.5 Å². The summed E-state index contributed by atoms with van der Waals surface area (Å²) in [5, 5.41) is 4.03. The Labute approximate surface area is 150 Å². The van der Waals surface area contributed by atoms with E-state index in [9.17, 15) is 4.79 Å². The number of fused-ring (bicyclic) bond motifs is 1. The van der Waals surface area contributed by atoms with E-state index >= 15 is 0 Å². The minimum absolute atomic E-state index is 0.344. The van der Waals surface area contributed by atoms with Crippen LogP contribution in [-0.2, 0) is 4.74 Å². The first kappa shape index (κ1) is 17.5. The molecule has 0 bridgehead atoms. The van der Waals surface area contributed by atoms with Crippen molar-refractivity contribution in [3.63, 3.8) is 0 Å². The van der Waals surface area contributed by atoms with E-state index in [1.807, 2.05) is 6.07 Å². The first-order chi connectivity index (χ1) is 12.7. The van der Waals surface area contributed by atoms with Crippen molar-refractivity contribution in [2.45, 2.75) is 6.92 Å². The van der Waals surface area contributed by atoms with Crippen molar-refractivity contribution < 1.29 is 19.0 Å². The van der Waals surface area contributed by atoms with Crippen LogP contribution in [0.2, 0.25) is 0 Å². The van der Waals surface area contributed by atoms with Crippen LogP contribution >= 0.6 is 0 Å². The third-order valence-electron chi connectivity index (χ3n) is 3.80. The summed E-state index contributed by atoms with van der Waals surface area (Å²) < 4.78 is 15.6. The minimum Gasteiger partial charge on any atom is -0.493 e. The van der Waals surface area contributed by atoms with E-state index in [-0.39, 0.29) is 5.97 Å². The minimum atomic E-state index is -0.344. The van der Waals surface area contributed by atoms with Crippen molar-refractivity contribution in [1.82, 2.24) is 9.97 Å². The largest absolute Gasteiger partial charge is 0.493 e. The van der Waals surface area contributed by atoms with Gasteiger partial charge in [0.15, 0.2) is 11.5 Å². The van der Waals surface area contributed by atoms with E-state index in [0.717, 1.165) is 16.6 Å². The highest BCUT2D eigenvalue weighted by molar-refractivity contribution is 5.93. The molecule has 0 amide bonds. The van der Waals surface area contributed by atoms with Crippen LogP contribution in [0.15, 0.2) is 42.7 Å². The number of ether oxygens (including phenoxy) is 3. The van der Waals surface area contributed by atoms with E-state index in [1.54, 1.807) is 51.5 Å². The summed E-state index contributed by atoms with van der Waals surface area (Å²) in [6, 6.07) is 10.6. The van der Waals surface area contributed by atoms with Crippen LogP contribution in [-0.4, -0.2) is 36.8 Å². The third-order valence-corrected chi connectivity index (χ3v) is 3.80. The van der Waals surface area contributed by atoms with E-state index in [0.29, 0.717) is 29.5 Å². The third kappa shape index (κ3) is 3.51. The molecule has 7 nitrogen and oxygen atoms in total. The molecule has 0 atom stereocenters. The smallest absolute Gasteiger partial charge is 0.338 e. The Bertz CT molecular complexity index is 926. The number of nitrogens with one attached hydrogen (secondary N) is 1. The number of hydrogen-bond acceptors (Lipinski definition) is 7. The fourth-order valence-corrected chi connectivity index (χ4v) is 2.52. The van der Waals surface area contributed by atoms with Gasteiger partial charge in [0.25, 0.3) is 0 Å². The molecule has 0 spiro atoms. The molecular weight excluding hydrogens is 334 g/mol. The van der Waals surface area contributed by atoms with Gasteiger partial charge in [0.1, 0.15) is 12.1 Å². The molecule has 0 saturated carbocycles. The van der Waals surface area contributed by atoms with E-state index < -0.39 is 0 Å². The van der Waals surface area contributed by atoms with Gasteiger partial charge >= 0.3 is 5.97 Å². The summed E-state index contributed by atoms with van der Waals surface area (Å²) in [5.74, 6) is 1.47. The average molecular weight is 353 g/mol. The van der Waals surface area contributed by atoms with Gasteiger partial charge in [-0.3, -0.25) is 0 Å². The normalized spacial score (nSPS) is 10.4. The molecule has 0 aliphatic heterocycles. The fraction of sp³-hybridized carbons (Fsp3) is 0.211. The summed E-state index contributed by atoms with van der Waals surface area (Å²) in [6.45, 7) is 2.12. The summed E-state index contributed by atoms with van der Waals surface area (Å²) in [5.41, 5.74) is 2.01. The van der Waals surface area contributed by atoms with Gasteiger partial charge in [-0.15, -0.1) is 0 Å². The van der Waals surface area contributed by atoms with Gasteiger partial charge in [-0.25, -0.2) is 14.8 Å². The highest BCUT2D eigenvalue weighted by atomic mass is 16.5. The number of methoxy groups -OCH3 is 2. The Morgan fingerprint density at radius 2 is 1.73 bits per heavy atom. The molecule has 0 fully saturated rings. The van der Waals surface area contributed by atoms with E-state index in [2.05, 4.69) is 15.3 Å². The predicted octanol–water partition coefficient (Wildman–Crippen LogP) is 3.57. The summed E-state index contributed by atoms with van der Waals surface area (Å²) in [4.78, 5) is 20.3. The molecule has 3 aromatic rings. The molecule has 0 aliphatic carbocycles. The van der Waals surface area contributed by atoms with Crippen molar-refractivity contribution in [1.29, 1.82) is 0 Å². The number of benzene rings is 2. The van der Waals surface area contributed by atoms with Crippen LogP contribution in [0.3, 0.4) is 0 Å². The Morgan fingerprint density at radius 1 is 1.04 bits per heavy atom. The second-order valence-electron chi connectivity index (χ2n) is 5.37. The molecule has 3 rings (SSSR count). The van der Waals surface area contributed by atoms with Gasteiger partial charge in [-0.2, -0.15) is 0 Å². The average Bonchev–Trinajstić information content (AvgIpc) is 2.68. The Kier molecular flexibility index (Phi) is 5.17. The number of aromatic nitrogens is 2. The number of esters is 1. The molecule has 1 aromatic heterocycles. The first-order valence-electron chi connectivity index (χ1n) is 8.07. The van der Waals surface area contributed by atoms with Crippen molar-refractivity contribution >= 4 is 28.4 Å². The fourth-order valence-electron chi connectivity index (χ4n) is 2.52. The zero-order valence-corrected chi connectivity index (χ0v) is 14.8. The number of carbonyl (C=O) groups excluding carboxylic acids is 1. The van der Waals surface area contributed by atoms with Crippen molar-refractivity contribution in [2.75, 3.05) is 26.1 Å². The lowest BCUT2D eigenvalue weighted by Gasteiger charge is -2.12. The van der Waals surface area contributed by atoms with Gasteiger partial charge in [0.05, 0.1) is 31.9 Å². The molecule has 134 valence electrons. The quantitative estimate of drug-likeness (QED) is 0.678. The molecular formula is C19H19N3O4. The lowest BCUT2D eigenvalue weighted by atomic mass is 10.2. The number of anilines is 2. The molecule has 1 N–H and O–H groups in total. The topological polar surface area (TPSA) is 82.6 Å². The van der Waals surface area contributed by atoms with Gasteiger partial charge in [0, 0.05) is 17.1 Å². The molecule has 0 aliphatic rings. The Hall–Kier alpha value is -3.35. The van der Waals surface area contributed by atoms with Crippen LogP contribution in [0.25, 0.3) is 10.9 Å². The monoisotopic (exact) mass is 353 g/mol. The second-order valence-corrected chi connectivity index (χ2v) is 5.37. The highest BCUT2D eigenvalue weighted by Crippen LogP contribution is 2.34. The molecule has 0 saturated heterocycles. The maximum absolute atomic E-state index is 11.7. The lowest BCUT2D eigenvalue weighted by molar-refractivity contribution is 0.0526. The standard InChI is InChI=1S/C19H19N3O4/c1-4-26-19(23)12-5-7-13(8-6-12)22-18-14-9-16(24-2)17(25-3)10-15(14)20-11-21-18/h5-11H,4H2,1-3H3,(H,20,21,22). The Morgan fingerprint density at radius 3 is 2.38 bits per heavy atom. The van der Waals surface area contributed by atoms with Crippen LogP contribution in [0.1, 0.15) is 17.3 Å². The number of rotatable bonds is 6. The molecule has 1 heterocycles. The SMILES string of the molecule is CCOC(=O)c1ccc(Nc2ncnc3cc(OC)c(OC)cc23)cc1. The molecule has 7 heteroatoms. The number of carbonyl (C=O) groups is 1. The van der Waals surface area contributed by atoms with Crippen LogP contribution in [0, 0.1) is 0 Å². The Balaban J connectivity index is 1.92. The van der Waals surface area contributed by atoms with E-state index in [1.165, 1.54) is 6.33 Å². The van der Waals surface area contributed by atoms with E-state index in [4.69, 9.17) is 14.2 Å². The van der Waals surface area contributed by atoms with Gasteiger partial charge in [0.2, 0.25) is 0 Å². The van der Waals surface area contributed by atoms with Crippen LogP contribution in [0.4, 0.5) is 11.5 Å².